The van der Waals surface area contributed by atoms with Crippen molar-refractivity contribution in [1.29, 1.82) is 0 Å². The second-order valence-electron chi connectivity index (χ2n) is 6.79. The summed E-state index contributed by atoms with van der Waals surface area (Å²) in [6, 6.07) is 11.3. The van der Waals surface area contributed by atoms with Crippen LogP contribution in [0, 0.1) is 6.92 Å². The van der Waals surface area contributed by atoms with E-state index < -0.39 is 0 Å². The smallest absolute Gasteiger partial charge is 0.170 e. The lowest BCUT2D eigenvalue weighted by atomic mass is 10.0. The Hall–Kier alpha value is -2.72. The maximum Gasteiger partial charge on any atom is 0.170 e. The number of pyridine rings is 2. The van der Waals surface area contributed by atoms with Gasteiger partial charge in [0.1, 0.15) is 5.75 Å². The monoisotopic (exact) mass is 378 g/mol. The molecule has 0 amide bonds. The first-order chi connectivity index (χ1) is 13.1. The summed E-state index contributed by atoms with van der Waals surface area (Å²) in [6.45, 7) is 1.91. The zero-order valence-corrected chi connectivity index (χ0v) is 15.7. The zero-order valence-electron chi connectivity index (χ0n) is 15.0. The van der Waals surface area contributed by atoms with Gasteiger partial charge in [0.25, 0.3) is 0 Å². The van der Waals surface area contributed by atoms with Gasteiger partial charge in [-0.1, -0.05) is 17.7 Å². The maximum atomic E-state index is 12.5. The standard InChI is InChI=1S/C22H19ClN2O2/c1-14-8-9-24-13-20(14)22(26)10-16-3-2-15(12-25-16)19-11-18(6-7-21(19)23)27-17-4-5-17/h2-3,6-9,11-13,17H,4-5,10H2,1H3. The minimum atomic E-state index is 0.0127. The highest BCUT2D eigenvalue weighted by Gasteiger charge is 2.23. The summed E-state index contributed by atoms with van der Waals surface area (Å²) in [5.41, 5.74) is 4.05. The van der Waals surface area contributed by atoms with Gasteiger partial charge in [-0.2, -0.15) is 0 Å². The number of aromatic nitrogens is 2. The molecule has 3 aromatic rings. The molecule has 1 fully saturated rings. The average Bonchev–Trinajstić information content (AvgIpc) is 3.48. The molecule has 1 aliphatic rings. The Bertz CT molecular complexity index is 982. The third kappa shape index (κ3) is 4.17. The molecular formula is C22H19ClN2O2. The highest BCUT2D eigenvalue weighted by Crippen LogP contribution is 2.34. The van der Waals surface area contributed by atoms with Crippen molar-refractivity contribution >= 4 is 17.4 Å². The Kier molecular flexibility index (Phi) is 4.90. The van der Waals surface area contributed by atoms with Crippen molar-refractivity contribution in [2.75, 3.05) is 0 Å². The van der Waals surface area contributed by atoms with Crippen molar-refractivity contribution in [2.45, 2.75) is 32.3 Å². The van der Waals surface area contributed by atoms with E-state index >= 15 is 0 Å². The first-order valence-electron chi connectivity index (χ1n) is 8.95. The van der Waals surface area contributed by atoms with Crippen molar-refractivity contribution in [2.24, 2.45) is 0 Å². The van der Waals surface area contributed by atoms with Gasteiger partial charge in [0.2, 0.25) is 0 Å². The van der Waals surface area contributed by atoms with Gasteiger partial charge in [-0.3, -0.25) is 14.8 Å². The van der Waals surface area contributed by atoms with E-state index in [1.165, 1.54) is 0 Å². The fourth-order valence-corrected chi connectivity index (χ4v) is 3.11. The van der Waals surface area contributed by atoms with Crippen LogP contribution in [-0.2, 0) is 6.42 Å². The van der Waals surface area contributed by atoms with Crippen LogP contribution >= 0.6 is 11.6 Å². The molecule has 2 heterocycles. The molecule has 136 valence electrons. The average molecular weight is 379 g/mol. The number of nitrogens with zero attached hydrogens (tertiary/aromatic N) is 2. The molecule has 0 aliphatic heterocycles. The van der Waals surface area contributed by atoms with Crippen molar-refractivity contribution in [1.82, 2.24) is 9.97 Å². The second-order valence-corrected chi connectivity index (χ2v) is 7.19. The number of rotatable bonds is 6. The summed E-state index contributed by atoms with van der Waals surface area (Å²) >= 11 is 6.36. The molecule has 4 rings (SSSR count). The third-order valence-electron chi connectivity index (χ3n) is 4.58. The van der Waals surface area contributed by atoms with Crippen molar-refractivity contribution < 1.29 is 9.53 Å². The van der Waals surface area contributed by atoms with Crippen molar-refractivity contribution in [3.05, 3.63) is 76.8 Å². The first-order valence-corrected chi connectivity index (χ1v) is 9.33. The lowest BCUT2D eigenvalue weighted by molar-refractivity contribution is 0.0991. The first kappa shape index (κ1) is 17.7. The number of benzene rings is 1. The molecular weight excluding hydrogens is 360 g/mol. The summed E-state index contributed by atoms with van der Waals surface area (Å²) in [5, 5.41) is 0.648. The molecule has 0 N–H and O–H groups in total. The van der Waals surface area contributed by atoms with Gasteiger partial charge < -0.3 is 4.74 Å². The van der Waals surface area contributed by atoms with Gasteiger partial charge in [0, 0.05) is 46.0 Å². The highest BCUT2D eigenvalue weighted by molar-refractivity contribution is 6.33. The van der Waals surface area contributed by atoms with Gasteiger partial charge in [-0.25, -0.2) is 0 Å². The van der Waals surface area contributed by atoms with Crippen LogP contribution in [0.3, 0.4) is 0 Å². The molecule has 0 bridgehead atoms. The van der Waals surface area contributed by atoms with E-state index in [0.29, 0.717) is 22.4 Å². The van der Waals surface area contributed by atoms with Crippen LogP contribution < -0.4 is 4.74 Å². The maximum absolute atomic E-state index is 12.5. The molecule has 0 atom stereocenters. The molecule has 4 nitrogen and oxygen atoms in total. The van der Waals surface area contributed by atoms with Crippen LogP contribution in [0.4, 0.5) is 0 Å². The van der Waals surface area contributed by atoms with Crippen molar-refractivity contribution in [3.8, 4) is 16.9 Å². The Morgan fingerprint density at radius 1 is 1.19 bits per heavy atom. The number of carbonyl (C=O) groups is 1. The highest BCUT2D eigenvalue weighted by atomic mass is 35.5. The number of hydrogen-bond acceptors (Lipinski definition) is 4. The molecule has 0 saturated heterocycles. The number of ketones is 1. The fourth-order valence-electron chi connectivity index (χ4n) is 2.88. The normalized spacial score (nSPS) is 13.4. The predicted octanol–water partition coefficient (Wildman–Crippen LogP) is 5.07. The van der Waals surface area contributed by atoms with Gasteiger partial charge in [0.15, 0.2) is 5.78 Å². The zero-order chi connectivity index (χ0) is 18.8. The van der Waals surface area contributed by atoms with Gasteiger partial charge in [0.05, 0.1) is 12.5 Å². The fraction of sp³-hybridized carbons (Fsp3) is 0.227. The third-order valence-corrected chi connectivity index (χ3v) is 4.91. The summed E-state index contributed by atoms with van der Waals surface area (Å²) in [4.78, 5) is 21.0. The molecule has 2 aromatic heterocycles. The van der Waals surface area contributed by atoms with E-state index in [2.05, 4.69) is 9.97 Å². The molecule has 1 aliphatic carbocycles. The van der Waals surface area contributed by atoms with E-state index in [1.807, 2.05) is 43.3 Å². The van der Waals surface area contributed by atoms with Gasteiger partial charge >= 0.3 is 0 Å². The number of carbonyl (C=O) groups excluding carboxylic acids is 1. The van der Waals surface area contributed by atoms with E-state index in [4.69, 9.17) is 16.3 Å². The van der Waals surface area contributed by atoms with Crippen LogP contribution in [0.5, 0.6) is 5.75 Å². The number of ether oxygens (including phenoxy) is 1. The van der Waals surface area contributed by atoms with E-state index in [9.17, 15) is 4.79 Å². The minimum Gasteiger partial charge on any atom is -0.490 e. The largest absolute Gasteiger partial charge is 0.490 e. The van der Waals surface area contributed by atoms with Crippen molar-refractivity contribution in [3.63, 3.8) is 0 Å². The van der Waals surface area contributed by atoms with E-state index in [-0.39, 0.29) is 12.2 Å². The van der Waals surface area contributed by atoms with Crippen LogP contribution in [0.1, 0.15) is 34.5 Å². The molecule has 0 spiro atoms. The summed E-state index contributed by atoms with van der Waals surface area (Å²) in [5.74, 6) is 0.835. The van der Waals surface area contributed by atoms with Crippen LogP contribution in [-0.4, -0.2) is 21.9 Å². The number of Topliss-reactive ketones (excluding diaryl/α,β-unsaturated/α-hetero) is 1. The number of halogens is 1. The molecule has 5 heteroatoms. The Balaban J connectivity index is 1.52. The molecule has 27 heavy (non-hydrogen) atoms. The lowest BCUT2D eigenvalue weighted by Crippen LogP contribution is -2.07. The van der Waals surface area contributed by atoms with Gasteiger partial charge in [-0.05, 0) is 55.7 Å². The molecule has 1 saturated carbocycles. The van der Waals surface area contributed by atoms with Crippen LogP contribution in [0.2, 0.25) is 5.02 Å². The summed E-state index contributed by atoms with van der Waals surface area (Å²) in [7, 11) is 0. The Morgan fingerprint density at radius 3 is 2.74 bits per heavy atom. The molecule has 1 aromatic carbocycles. The Morgan fingerprint density at radius 2 is 2.04 bits per heavy atom. The Labute approximate surface area is 163 Å². The minimum absolute atomic E-state index is 0.0127. The number of aryl methyl sites for hydroxylation is 1. The van der Waals surface area contributed by atoms with E-state index in [0.717, 1.165) is 35.3 Å². The quantitative estimate of drug-likeness (QED) is 0.562. The topological polar surface area (TPSA) is 52.1 Å². The molecule has 0 unspecified atom stereocenters. The van der Waals surface area contributed by atoms with E-state index in [1.54, 1.807) is 18.6 Å². The number of hydrogen-bond donors (Lipinski definition) is 0. The SMILES string of the molecule is Cc1ccncc1C(=O)Cc1ccc(-c2cc(OC3CC3)ccc2Cl)cn1. The second kappa shape index (κ2) is 7.49. The predicted molar refractivity (Wildman–Crippen MR) is 105 cm³/mol. The lowest BCUT2D eigenvalue weighted by Gasteiger charge is -2.10. The van der Waals surface area contributed by atoms with Crippen LogP contribution in [0.25, 0.3) is 11.1 Å². The van der Waals surface area contributed by atoms with Crippen LogP contribution in [0.15, 0.2) is 55.0 Å². The summed E-state index contributed by atoms with van der Waals surface area (Å²) < 4.78 is 5.85. The van der Waals surface area contributed by atoms with Gasteiger partial charge in [-0.15, -0.1) is 0 Å². The summed E-state index contributed by atoms with van der Waals surface area (Å²) in [6.07, 6.45) is 7.84. The molecule has 0 radical (unpaired) electrons.